The summed E-state index contributed by atoms with van der Waals surface area (Å²) in [7, 11) is -1.36. The van der Waals surface area contributed by atoms with Gasteiger partial charge in [-0.05, 0) is 36.8 Å². The Morgan fingerprint density at radius 3 is 2.46 bits per heavy atom. The number of carbonyl (C=O) groups is 2. The highest BCUT2D eigenvalue weighted by molar-refractivity contribution is 7.85. The number of benzene rings is 2. The molecule has 0 radical (unpaired) electrons. The molecule has 2 aromatic rings. The van der Waals surface area contributed by atoms with Gasteiger partial charge in [-0.2, -0.15) is 0 Å². The molecular weight excluding hydrogens is 333 g/mol. The first-order valence-electron chi connectivity index (χ1n) is 7.20. The number of rotatable bonds is 7. The Kier molecular flexibility index (Phi) is 6.20. The molecule has 24 heavy (non-hydrogen) atoms. The van der Waals surface area contributed by atoms with Crippen LogP contribution in [0.4, 0.5) is 4.39 Å². The average Bonchev–Trinajstić information content (AvgIpc) is 2.58. The number of carbonyl (C=O) groups excluding carboxylic acids is 1. The summed E-state index contributed by atoms with van der Waals surface area (Å²) >= 11 is 0. The predicted octanol–water partition coefficient (Wildman–Crippen LogP) is 2.21. The van der Waals surface area contributed by atoms with Gasteiger partial charge in [0.1, 0.15) is 11.9 Å². The highest BCUT2D eigenvalue weighted by Crippen LogP contribution is 2.09. The second kappa shape index (κ2) is 8.35. The Morgan fingerprint density at radius 1 is 1.12 bits per heavy atom. The summed E-state index contributed by atoms with van der Waals surface area (Å²) in [6.07, 6.45) is -0.00209. The van der Waals surface area contributed by atoms with Gasteiger partial charge >= 0.3 is 5.97 Å². The summed E-state index contributed by atoms with van der Waals surface area (Å²) in [5.41, 5.74) is 0.0328. The van der Waals surface area contributed by atoms with Gasteiger partial charge in [0.15, 0.2) is 0 Å². The molecule has 0 aromatic heterocycles. The van der Waals surface area contributed by atoms with Gasteiger partial charge in [-0.15, -0.1) is 0 Å². The van der Waals surface area contributed by atoms with E-state index in [1.807, 2.05) is 0 Å². The zero-order valence-electron chi connectivity index (χ0n) is 12.6. The zero-order valence-corrected chi connectivity index (χ0v) is 13.5. The maximum atomic E-state index is 13.1. The number of halogens is 1. The molecule has 0 spiro atoms. The van der Waals surface area contributed by atoms with Crippen LogP contribution in [0, 0.1) is 5.82 Å². The number of carboxylic acids is 1. The highest BCUT2D eigenvalue weighted by atomic mass is 32.2. The van der Waals surface area contributed by atoms with Gasteiger partial charge in [-0.1, -0.05) is 24.3 Å². The van der Waals surface area contributed by atoms with Crippen molar-refractivity contribution in [2.24, 2.45) is 0 Å². The van der Waals surface area contributed by atoms with E-state index in [1.54, 1.807) is 30.3 Å². The molecule has 2 aromatic carbocycles. The van der Waals surface area contributed by atoms with Gasteiger partial charge in [-0.3, -0.25) is 9.00 Å². The van der Waals surface area contributed by atoms with Gasteiger partial charge < -0.3 is 10.4 Å². The summed E-state index contributed by atoms with van der Waals surface area (Å²) in [6, 6.07) is 12.4. The van der Waals surface area contributed by atoms with Crippen LogP contribution in [0.1, 0.15) is 16.8 Å². The molecule has 0 heterocycles. The minimum Gasteiger partial charge on any atom is -0.480 e. The summed E-state index contributed by atoms with van der Waals surface area (Å²) in [4.78, 5) is 23.9. The first kappa shape index (κ1) is 17.8. The highest BCUT2D eigenvalue weighted by Gasteiger charge is 2.21. The van der Waals surface area contributed by atoms with Crippen LogP contribution in [0.5, 0.6) is 0 Å². The minimum atomic E-state index is -1.36. The van der Waals surface area contributed by atoms with E-state index in [1.165, 1.54) is 18.2 Å². The number of hydrogen-bond acceptors (Lipinski definition) is 3. The number of nitrogens with one attached hydrogen (secondary N) is 1. The van der Waals surface area contributed by atoms with Gasteiger partial charge in [-0.25, -0.2) is 9.18 Å². The molecule has 0 unspecified atom stereocenters. The number of aliphatic carboxylic acids is 1. The van der Waals surface area contributed by atoms with Crippen molar-refractivity contribution >= 4 is 22.7 Å². The lowest BCUT2D eigenvalue weighted by Crippen LogP contribution is -2.41. The maximum Gasteiger partial charge on any atom is 0.326 e. The maximum absolute atomic E-state index is 13.1. The van der Waals surface area contributed by atoms with Crippen LogP contribution >= 0.6 is 0 Å². The standard InChI is InChI=1S/C17H16FNO4S/c18-13-6-4-5-12(11-13)16(20)19-15(17(21)22)9-10-24(23)14-7-2-1-3-8-14/h1-8,11,15H,9-10H2,(H,19,20)(H,21,22)/t15-,24-/m0/s1. The third-order valence-corrected chi connectivity index (χ3v) is 4.69. The molecule has 7 heteroatoms. The lowest BCUT2D eigenvalue weighted by molar-refractivity contribution is -0.139. The van der Waals surface area contributed by atoms with Crippen molar-refractivity contribution in [1.82, 2.24) is 5.32 Å². The summed E-state index contributed by atoms with van der Waals surface area (Å²) in [5.74, 6) is -2.42. The molecule has 5 nitrogen and oxygen atoms in total. The Bertz CT molecular complexity index is 751. The molecule has 2 atom stereocenters. The number of hydrogen-bond donors (Lipinski definition) is 2. The smallest absolute Gasteiger partial charge is 0.326 e. The third kappa shape index (κ3) is 4.99. The molecule has 0 fully saturated rings. The van der Waals surface area contributed by atoms with Crippen LogP contribution in [0.3, 0.4) is 0 Å². The van der Waals surface area contributed by atoms with Crippen molar-refractivity contribution in [2.75, 3.05) is 5.75 Å². The second-order valence-corrected chi connectivity index (χ2v) is 6.60. The molecule has 0 aliphatic carbocycles. The average molecular weight is 349 g/mol. The fourth-order valence-electron chi connectivity index (χ4n) is 2.04. The van der Waals surface area contributed by atoms with E-state index in [-0.39, 0.29) is 17.7 Å². The zero-order chi connectivity index (χ0) is 17.5. The molecule has 0 saturated heterocycles. The fourth-order valence-corrected chi connectivity index (χ4v) is 3.19. The molecule has 0 saturated carbocycles. The van der Waals surface area contributed by atoms with Crippen molar-refractivity contribution in [3.05, 3.63) is 66.0 Å². The molecule has 126 valence electrons. The minimum absolute atomic E-state index is 0.00209. The van der Waals surface area contributed by atoms with E-state index in [9.17, 15) is 23.3 Å². The normalized spacial score (nSPS) is 13.0. The Labute approximate surface area is 141 Å². The fraction of sp³-hybridized carbons (Fsp3) is 0.176. The molecule has 2 rings (SSSR count). The monoisotopic (exact) mass is 349 g/mol. The summed E-state index contributed by atoms with van der Waals surface area (Å²) < 4.78 is 25.3. The van der Waals surface area contributed by atoms with E-state index in [0.29, 0.717) is 4.90 Å². The van der Waals surface area contributed by atoms with Gasteiger partial charge in [0.05, 0.1) is 10.8 Å². The predicted molar refractivity (Wildman–Crippen MR) is 87.6 cm³/mol. The van der Waals surface area contributed by atoms with Crippen molar-refractivity contribution < 1.29 is 23.3 Å². The van der Waals surface area contributed by atoms with Crippen LogP contribution in [-0.2, 0) is 15.6 Å². The number of carboxylic acid groups (broad SMARTS) is 1. The molecular formula is C17H16FNO4S. The van der Waals surface area contributed by atoms with Crippen LogP contribution in [0.2, 0.25) is 0 Å². The molecule has 2 N–H and O–H groups in total. The van der Waals surface area contributed by atoms with Crippen molar-refractivity contribution in [1.29, 1.82) is 0 Å². The largest absolute Gasteiger partial charge is 0.480 e. The van der Waals surface area contributed by atoms with Crippen LogP contribution in [0.15, 0.2) is 59.5 Å². The lowest BCUT2D eigenvalue weighted by atomic mass is 10.1. The quantitative estimate of drug-likeness (QED) is 0.803. The second-order valence-electron chi connectivity index (χ2n) is 5.03. The first-order valence-corrected chi connectivity index (χ1v) is 8.52. The molecule has 1 amide bonds. The van der Waals surface area contributed by atoms with Gasteiger partial charge in [0, 0.05) is 16.2 Å². The molecule has 0 bridgehead atoms. The number of amides is 1. The Hall–Kier alpha value is -2.54. The molecule has 0 aliphatic heterocycles. The van der Waals surface area contributed by atoms with E-state index < -0.39 is 34.5 Å². The lowest BCUT2D eigenvalue weighted by Gasteiger charge is -2.14. The van der Waals surface area contributed by atoms with E-state index >= 15 is 0 Å². The van der Waals surface area contributed by atoms with Crippen molar-refractivity contribution in [3.63, 3.8) is 0 Å². The van der Waals surface area contributed by atoms with Gasteiger partial charge in [0.2, 0.25) is 0 Å². The Morgan fingerprint density at radius 2 is 1.83 bits per heavy atom. The topological polar surface area (TPSA) is 83.5 Å². The molecule has 0 aliphatic rings. The summed E-state index contributed by atoms with van der Waals surface area (Å²) in [5, 5.41) is 11.5. The SMILES string of the molecule is O=C(N[C@@H](CC[S@](=O)c1ccccc1)C(=O)O)c1cccc(F)c1. The Balaban J connectivity index is 1.98. The third-order valence-electron chi connectivity index (χ3n) is 3.29. The van der Waals surface area contributed by atoms with E-state index in [2.05, 4.69) is 5.32 Å². The van der Waals surface area contributed by atoms with Gasteiger partial charge in [0.25, 0.3) is 5.91 Å². The summed E-state index contributed by atoms with van der Waals surface area (Å²) in [6.45, 7) is 0. The van der Waals surface area contributed by atoms with Crippen LogP contribution in [0.25, 0.3) is 0 Å². The van der Waals surface area contributed by atoms with Crippen molar-refractivity contribution in [3.8, 4) is 0 Å². The van der Waals surface area contributed by atoms with E-state index in [4.69, 9.17) is 0 Å². The van der Waals surface area contributed by atoms with Crippen LogP contribution in [-0.4, -0.2) is 33.0 Å². The van der Waals surface area contributed by atoms with Crippen molar-refractivity contribution in [2.45, 2.75) is 17.4 Å². The van der Waals surface area contributed by atoms with Crippen LogP contribution < -0.4 is 5.32 Å². The first-order chi connectivity index (χ1) is 11.5. The van der Waals surface area contributed by atoms with E-state index in [0.717, 1.165) is 6.07 Å².